The van der Waals surface area contributed by atoms with E-state index < -0.39 is 0 Å². The molecule has 3 rings (SSSR count). The molecule has 0 fully saturated rings. The first kappa shape index (κ1) is 19.5. The van der Waals surface area contributed by atoms with Gasteiger partial charge in [-0.25, -0.2) is 0 Å². The van der Waals surface area contributed by atoms with Crippen LogP contribution in [0, 0.1) is 0 Å². The summed E-state index contributed by atoms with van der Waals surface area (Å²) in [7, 11) is 0. The van der Waals surface area contributed by atoms with Crippen LogP contribution in [0.15, 0.2) is 57.8 Å². The van der Waals surface area contributed by atoms with Crippen molar-refractivity contribution in [1.29, 1.82) is 0 Å². The maximum absolute atomic E-state index is 12.0. The van der Waals surface area contributed by atoms with Crippen LogP contribution in [0.1, 0.15) is 5.76 Å². The molecule has 0 aliphatic carbocycles. The van der Waals surface area contributed by atoms with Gasteiger partial charge in [0.25, 0.3) is 0 Å². The van der Waals surface area contributed by atoms with Gasteiger partial charge in [0.1, 0.15) is 11.5 Å². The summed E-state index contributed by atoms with van der Waals surface area (Å²) in [6.45, 7) is 4.59. The lowest BCUT2D eigenvalue weighted by Crippen LogP contribution is -2.24. The number of carbonyl (C=O) groups excluding carboxylic acids is 1. The molecule has 0 radical (unpaired) electrons. The van der Waals surface area contributed by atoms with E-state index in [2.05, 4.69) is 27.4 Å². The minimum Gasteiger partial charge on any atom is -0.459 e. The van der Waals surface area contributed by atoms with Crippen LogP contribution in [0.5, 0.6) is 0 Å². The van der Waals surface area contributed by atoms with Crippen molar-refractivity contribution in [3.63, 3.8) is 0 Å². The normalized spacial score (nSPS) is 10.6. The number of nitrogens with one attached hydrogen (secondary N) is 2. The topological polar surface area (TPSA) is 80.0 Å². The van der Waals surface area contributed by atoms with Gasteiger partial charge >= 0.3 is 0 Å². The first-order chi connectivity index (χ1) is 13.1. The predicted molar refractivity (Wildman–Crippen MR) is 110 cm³/mol. The molecule has 0 aliphatic rings. The Bertz CT molecular complexity index is 908. The average Bonchev–Trinajstić information content (AvgIpc) is 3.33. The first-order valence-electron chi connectivity index (χ1n) is 8.06. The van der Waals surface area contributed by atoms with Gasteiger partial charge in [0.05, 0.1) is 12.3 Å². The van der Waals surface area contributed by atoms with Crippen molar-refractivity contribution in [2.75, 3.05) is 17.6 Å². The Morgan fingerprint density at radius 3 is 2.85 bits per heavy atom. The number of furan rings is 1. The van der Waals surface area contributed by atoms with E-state index in [1.165, 1.54) is 23.1 Å². The minimum absolute atomic E-state index is 0.0970. The van der Waals surface area contributed by atoms with E-state index in [1.54, 1.807) is 6.08 Å². The van der Waals surface area contributed by atoms with Gasteiger partial charge in [-0.2, -0.15) is 0 Å². The summed E-state index contributed by atoms with van der Waals surface area (Å²) in [5.74, 6) is 1.59. The Hall–Kier alpha value is -2.29. The molecule has 0 unspecified atom stereocenters. The highest BCUT2D eigenvalue weighted by Gasteiger charge is 2.09. The maximum Gasteiger partial charge on any atom is 0.230 e. The van der Waals surface area contributed by atoms with Crippen molar-refractivity contribution in [2.24, 2.45) is 0 Å². The summed E-state index contributed by atoms with van der Waals surface area (Å²) in [4.78, 5) is 12.0. The van der Waals surface area contributed by atoms with Gasteiger partial charge in [-0.15, -0.1) is 16.8 Å². The fourth-order valence-electron chi connectivity index (χ4n) is 2.11. The van der Waals surface area contributed by atoms with E-state index in [-0.39, 0.29) is 11.7 Å². The Balaban J connectivity index is 1.44. The molecule has 140 valence electrons. The maximum atomic E-state index is 12.0. The molecule has 27 heavy (non-hydrogen) atoms. The lowest BCUT2D eigenvalue weighted by Gasteiger charge is -2.02. The van der Waals surface area contributed by atoms with Crippen molar-refractivity contribution < 1.29 is 9.21 Å². The third-order valence-corrected chi connectivity index (χ3v) is 5.65. The monoisotopic (exact) mass is 420 g/mol. The summed E-state index contributed by atoms with van der Waals surface area (Å²) in [6, 6.07) is 11.1. The first-order valence-corrected chi connectivity index (χ1v) is 10.2. The Morgan fingerprint density at radius 2 is 2.07 bits per heavy atom. The van der Waals surface area contributed by atoms with Gasteiger partial charge in [-0.05, 0) is 36.4 Å². The molecule has 1 aromatic carbocycles. The van der Waals surface area contributed by atoms with Crippen LogP contribution < -0.4 is 10.6 Å². The molecule has 0 bridgehead atoms. The van der Waals surface area contributed by atoms with Gasteiger partial charge in [-0.1, -0.05) is 40.8 Å². The summed E-state index contributed by atoms with van der Waals surface area (Å²) < 4.78 is 6.50. The molecule has 6 nitrogen and oxygen atoms in total. The van der Waals surface area contributed by atoms with Crippen molar-refractivity contribution in [2.45, 2.75) is 10.9 Å². The second-order valence-electron chi connectivity index (χ2n) is 5.38. The number of thioether (sulfide) groups is 1. The number of halogens is 1. The van der Waals surface area contributed by atoms with Gasteiger partial charge < -0.3 is 15.1 Å². The lowest BCUT2D eigenvalue weighted by atomic mass is 10.2. The van der Waals surface area contributed by atoms with Crippen LogP contribution in [0.4, 0.5) is 5.13 Å². The molecule has 1 amide bonds. The summed E-state index contributed by atoms with van der Waals surface area (Å²) in [6.07, 6.45) is 1.74. The van der Waals surface area contributed by atoms with E-state index >= 15 is 0 Å². The summed E-state index contributed by atoms with van der Waals surface area (Å²) in [5.41, 5.74) is 0.935. The predicted octanol–water partition coefficient (Wildman–Crippen LogP) is 4.46. The van der Waals surface area contributed by atoms with Crippen LogP contribution in [-0.4, -0.2) is 28.4 Å². The van der Waals surface area contributed by atoms with E-state index in [0.29, 0.717) is 29.0 Å². The number of aromatic nitrogens is 2. The summed E-state index contributed by atoms with van der Waals surface area (Å²) in [5, 5.41) is 15.3. The van der Waals surface area contributed by atoms with Crippen LogP contribution in [0.2, 0.25) is 5.02 Å². The zero-order valence-corrected chi connectivity index (χ0v) is 16.7. The molecule has 2 heterocycles. The Kier molecular flexibility index (Phi) is 6.92. The van der Waals surface area contributed by atoms with Crippen molar-refractivity contribution in [3.05, 3.63) is 59.8 Å². The zero-order valence-electron chi connectivity index (χ0n) is 14.3. The largest absolute Gasteiger partial charge is 0.459 e. The quantitative estimate of drug-likeness (QED) is 0.393. The number of rotatable bonds is 9. The number of anilines is 1. The van der Waals surface area contributed by atoms with Crippen molar-refractivity contribution in [3.8, 4) is 11.3 Å². The third kappa shape index (κ3) is 5.85. The number of hydrogen-bond donors (Lipinski definition) is 2. The average molecular weight is 421 g/mol. The van der Waals surface area contributed by atoms with E-state index in [0.717, 1.165) is 15.7 Å². The molecular formula is C18H17ClN4O2S2. The smallest absolute Gasteiger partial charge is 0.230 e. The second kappa shape index (κ2) is 9.59. The number of amides is 1. The molecular weight excluding hydrogens is 404 g/mol. The van der Waals surface area contributed by atoms with Gasteiger partial charge in [0.2, 0.25) is 11.0 Å². The third-order valence-electron chi connectivity index (χ3n) is 3.38. The van der Waals surface area contributed by atoms with Crippen molar-refractivity contribution in [1.82, 2.24) is 15.5 Å². The minimum atomic E-state index is -0.0970. The molecule has 0 saturated heterocycles. The molecule has 2 N–H and O–H groups in total. The molecule has 0 spiro atoms. The number of benzene rings is 1. The molecule has 2 aromatic heterocycles. The second-order valence-corrected chi connectivity index (χ2v) is 8.02. The highest BCUT2D eigenvalue weighted by atomic mass is 35.5. The molecule has 9 heteroatoms. The van der Waals surface area contributed by atoms with Gasteiger partial charge in [0.15, 0.2) is 4.34 Å². The standard InChI is InChI=1S/C18H17ClN4O2S2/c1-2-9-20-17-22-23-18(27-17)26-11-16(24)21-10-14-7-8-15(25-14)12-3-5-13(19)6-4-12/h2-8H,1,9-11H2,(H,20,22)(H,21,24). The number of nitrogens with zero attached hydrogens (tertiary/aromatic N) is 2. The van der Waals surface area contributed by atoms with Crippen LogP contribution in [0.25, 0.3) is 11.3 Å². The molecule has 0 atom stereocenters. The van der Waals surface area contributed by atoms with E-state index in [4.69, 9.17) is 16.0 Å². The fourth-order valence-corrected chi connectivity index (χ4v) is 3.82. The van der Waals surface area contributed by atoms with Crippen LogP contribution in [-0.2, 0) is 11.3 Å². The highest BCUT2D eigenvalue weighted by molar-refractivity contribution is 8.01. The summed E-state index contributed by atoms with van der Waals surface area (Å²) >= 11 is 8.64. The SMILES string of the molecule is C=CCNc1nnc(SCC(=O)NCc2ccc(-c3ccc(Cl)cc3)o2)s1. The Morgan fingerprint density at radius 1 is 1.26 bits per heavy atom. The highest BCUT2D eigenvalue weighted by Crippen LogP contribution is 2.25. The van der Waals surface area contributed by atoms with Crippen LogP contribution >= 0.6 is 34.7 Å². The van der Waals surface area contributed by atoms with Crippen molar-refractivity contribution >= 4 is 45.7 Å². The van der Waals surface area contributed by atoms with Crippen LogP contribution in [0.3, 0.4) is 0 Å². The van der Waals surface area contributed by atoms with E-state index in [9.17, 15) is 4.79 Å². The van der Waals surface area contributed by atoms with Gasteiger partial charge in [-0.3, -0.25) is 4.79 Å². The lowest BCUT2D eigenvalue weighted by molar-refractivity contribution is -0.118. The zero-order chi connectivity index (χ0) is 19.1. The van der Waals surface area contributed by atoms with Gasteiger partial charge in [0, 0.05) is 17.1 Å². The molecule has 3 aromatic rings. The fraction of sp³-hybridized carbons (Fsp3) is 0.167. The number of carbonyl (C=O) groups is 1. The molecule has 0 saturated carbocycles. The molecule has 0 aliphatic heterocycles. The van der Waals surface area contributed by atoms with E-state index in [1.807, 2.05) is 36.4 Å². The number of hydrogen-bond acceptors (Lipinski definition) is 7. The Labute approximate surface area is 170 Å².